The van der Waals surface area contributed by atoms with Gasteiger partial charge in [0, 0.05) is 17.3 Å². The molecule has 0 radical (unpaired) electrons. The first-order valence-corrected chi connectivity index (χ1v) is 17.3. The Morgan fingerprint density at radius 2 is 1.13 bits per heavy atom. The monoisotopic (exact) mass is 607 g/mol. The summed E-state index contributed by atoms with van der Waals surface area (Å²) in [4.78, 5) is 2.68. The van der Waals surface area contributed by atoms with E-state index in [1.165, 1.54) is 80.7 Å². The first-order valence-electron chi connectivity index (χ1n) is 17.3. The molecule has 1 saturated carbocycles. The van der Waals surface area contributed by atoms with Crippen molar-refractivity contribution in [2.24, 2.45) is 5.41 Å². The van der Waals surface area contributed by atoms with Crippen LogP contribution in [0.15, 0.2) is 152 Å². The lowest BCUT2D eigenvalue weighted by Gasteiger charge is -2.55. The third-order valence-electron chi connectivity index (χ3n) is 12.3. The summed E-state index contributed by atoms with van der Waals surface area (Å²) in [5.74, 6) is 0.486. The van der Waals surface area contributed by atoms with E-state index < -0.39 is 0 Å². The lowest BCUT2D eigenvalue weighted by Crippen LogP contribution is -2.56. The molecule has 1 aliphatic heterocycles. The smallest absolute Gasteiger partial charge is 0.0713 e. The van der Waals surface area contributed by atoms with E-state index in [1.54, 1.807) is 0 Å². The van der Waals surface area contributed by atoms with Gasteiger partial charge in [-0.2, -0.15) is 0 Å². The molecule has 1 fully saturated rings. The predicted octanol–water partition coefficient (Wildman–Crippen LogP) is 11.9. The maximum absolute atomic E-state index is 2.68. The molecule has 0 saturated heterocycles. The third kappa shape index (κ3) is 3.83. The maximum atomic E-state index is 2.68. The van der Waals surface area contributed by atoms with Crippen molar-refractivity contribution < 1.29 is 0 Å². The standard InChI is InChI=1S/C46H41N/c1-44(2)29-15-24-40-39-31-33(26-28-43(39)47(45(40,44)3)36-20-11-6-12-21-36)32-25-27-42-38(30-32)37-22-13-14-23-41(37)46(42,34-16-7-4-8-17-34)35-18-9-5-10-19-35/h4-14,16-23,25-28,30-31,40H,15,24,29H2,1-3H3. The highest BCUT2D eigenvalue weighted by molar-refractivity contribution is 5.89. The Labute approximate surface area is 279 Å². The zero-order valence-electron chi connectivity index (χ0n) is 27.6. The molecule has 0 amide bonds. The second kappa shape index (κ2) is 10.3. The van der Waals surface area contributed by atoms with Crippen LogP contribution in [-0.2, 0) is 5.41 Å². The molecule has 230 valence electrons. The zero-order valence-corrected chi connectivity index (χ0v) is 27.6. The van der Waals surface area contributed by atoms with Crippen molar-refractivity contribution in [3.05, 3.63) is 179 Å². The average molecular weight is 608 g/mol. The predicted molar refractivity (Wildman–Crippen MR) is 197 cm³/mol. The van der Waals surface area contributed by atoms with Gasteiger partial charge >= 0.3 is 0 Å². The molecule has 9 rings (SSSR count). The highest BCUT2D eigenvalue weighted by atomic mass is 15.3. The van der Waals surface area contributed by atoms with Gasteiger partial charge in [-0.15, -0.1) is 0 Å². The Morgan fingerprint density at radius 1 is 0.553 bits per heavy atom. The second-order valence-corrected chi connectivity index (χ2v) is 14.7. The van der Waals surface area contributed by atoms with Crippen molar-refractivity contribution in [2.75, 3.05) is 4.90 Å². The van der Waals surface area contributed by atoms with E-state index in [1.807, 2.05) is 0 Å². The van der Waals surface area contributed by atoms with Crippen LogP contribution in [0.5, 0.6) is 0 Å². The number of hydrogen-bond acceptors (Lipinski definition) is 1. The van der Waals surface area contributed by atoms with Crippen LogP contribution in [-0.4, -0.2) is 5.54 Å². The van der Waals surface area contributed by atoms with Crippen molar-refractivity contribution in [2.45, 2.75) is 56.9 Å². The SMILES string of the molecule is CC1(C)CCCC2c3cc(-c4ccc5c(c4)-c4ccccc4C5(c4ccccc4)c4ccccc4)ccc3N(c3ccccc3)C21C. The van der Waals surface area contributed by atoms with E-state index in [-0.39, 0.29) is 16.4 Å². The van der Waals surface area contributed by atoms with Crippen molar-refractivity contribution >= 4 is 11.4 Å². The molecule has 2 aliphatic carbocycles. The summed E-state index contributed by atoms with van der Waals surface area (Å²) in [5.41, 5.74) is 14.6. The summed E-state index contributed by atoms with van der Waals surface area (Å²) in [7, 11) is 0. The number of para-hydroxylation sites is 1. The molecular weight excluding hydrogens is 567 g/mol. The number of anilines is 2. The van der Waals surface area contributed by atoms with Gasteiger partial charge in [-0.1, -0.05) is 142 Å². The first kappa shape index (κ1) is 28.4. The van der Waals surface area contributed by atoms with Crippen LogP contribution in [0.1, 0.15) is 73.8 Å². The Morgan fingerprint density at radius 3 is 1.83 bits per heavy atom. The van der Waals surface area contributed by atoms with Crippen molar-refractivity contribution in [1.82, 2.24) is 0 Å². The van der Waals surface area contributed by atoms with Gasteiger partial charge in [-0.25, -0.2) is 0 Å². The summed E-state index contributed by atoms with van der Waals surface area (Å²) in [5, 5.41) is 0. The van der Waals surface area contributed by atoms with E-state index in [9.17, 15) is 0 Å². The largest absolute Gasteiger partial charge is 0.334 e. The Balaban J connectivity index is 1.23. The molecule has 1 nitrogen and oxygen atoms in total. The highest BCUT2D eigenvalue weighted by Crippen LogP contribution is 2.64. The second-order valence-electron chi connectivity index (χ2n) is 14.7. The fourth-order valence-electron chi connectivity index (χ4n) is 9.75. The molecule has 1 heteroatoms. The third-order valence-corrected chi connectivity index (χ3v) is 12.3. The van der Waals surface area contributed by atoms with Crippen LogP contribution >= 0.6 is 0 Å². The molecule has 47 heavy (non-hydrogen) atoms. The zero-order chi connectivity index (χ0) is 31.8. The Bertz CT molecular complexity index is 2070. The quantitative estimate of drug-likeness (QED) is 0.192. The Kier molecular flexibility index (Phi) is 6.22. The van der Waals surface area contributed by atoms with E-state index >= 15 is 0 Å². The lowest BCUT2D eigenvalue weighted by molar-refractivity contribution is 0.101. The van der Waals surface area contributed by atoms with Crippen LogP contribution < -0.4 is 4.90 Å². The molecule has 6 aromatic carbocycles. The molecule has 0 N–H and O–H groups in total. The van der Waals surface area contributed by atoms with E-state index in [2.05, 4.69) is 177 Å². The number of rotatable bonds is 4. The summed E-state index contributed by atoms with van der Waals surface area (Å²) < 4.78 is 0. The van der Waals surface area contributed by atoms with Gasteiger partial charge in [0.1, 0.15) is 0 Å². The van der Waals surface area contributed by atoms with Crippen LogP contribution in [0, 0.1) is 5.41 Å². The topological polar surface area (TPSA) is 3.24 Å². The van der Waals surface area contributed by atoms with Gasteiger partial charge in [-0.05, 0) is 106 Å². The number of benzene rings is 6. The minimum atomic E-state index is -0.364. The van der Waals surface area contributed by atoms with Crippen LogP contribution in [0.25, 0.3) is 22.3 Å². The van der Waals surface area contributed by atoms with Gasteiger partial charge in [0.15, 0.2) is 0 Å². The molecule has 0 bridgehead atoms. The summed E-state index contributed by atoms with van der Waals surface area (Å²) >= 11 is 0. The van der Waals surface area contributed by atoms with Crippen molar-refractivity contribution in [1.29, 1.82) is 0 Å². The lowest BCUT2D eigenvalue weighted by atomic mass is 9.58. The van der Waals surface area contributed by atoms with Gasteiger partial charge in [0.2, 0.25) is 0 Å². The van der Waals surface area contributed by atoms with E-state index in [4.69, 9.17) is 0 Å². The first-order chi connectivity index (χ1) is 22.9. The van der Waals surface area contributed by atoms with Crippen LogP contribution in [0.2, 0.25) is 0 Å². The molecule has 3 aliphatic rings. The summed E-state index contributed by atoms with van der Waals surface area (Å²) in [6, 6.07) is 56.9. The summed E-state index contributed by atoms with van der Waals surface area (Å²) in [6.07, 6.45) is 3.75. The van der Waals surface area contributed by atoms with Gasteiger partial charge in [0.25, 0.3) is 0 Å². The number of nitrogens with zero attached hydrogens (tertiary/aromatic N) is 1. The van der Waals surface area contributed by atoms with Crippen LogP contribution in [0.3, 0.4) is 0 Å². The number of hydrogen-bond donors (Lipinski definition) is 0. The normalized spacial score (nSPS) is 21.4. The molecule has 0 spiro atoms. The molecular formula is C46H41N. The molecule has 2 unspecified atom stereocenters. The molecule has 1 heterocycles. The Hall–Kier alpha value is -4.88. The fourth-order valence-corrected chi connectivity index (χ4v) is 9.75. The van der Waals surface area contributed by atoms with E-state index in [0.717, 1.165) is 0 Å². The average Bonchev–Trinajstić information content (AvgIpc) is 3.56. The van der Waals surface area contributed by atoms with Crippen molar-refractivity contribution in [3.63, 3.8) is 0 Å². The van der Waals surface area contributed by atoms with E-state index in [0.29, 0.717) is 5.92 Å². The highest BCUT2D eigenvalue weighted by Gasteiger charge is 2.58. The molecule has 2 atom stereocenters. The maximum Gasteiger partial charge on any atom is 0.0713 e. The fraction of sp³-hybridized carbons (Fsp3) is 0.217. The summed E-state index contributed by atoms with van der Waals surface area (Å²) in [6.45, 7) is 7.51. The minimum absolute atomic E-state index is 0.00933. The van der Waals surface area contributed by atoms with Gasteiger partial charge < -0.3 is 4.90 Å². The van der Waals surface area contributed by atoms with Crippen molar-refractivity contribution in [3.8, 4) is 22.3 Å². The van der Waals surface area contributed by atoms with Gasteiger partial charge in [0.05, 0.1) is 11.0 Å². The van der Waals surface area contributed by atoms with Crippen LogP contribution in [0.4, 0.5) is 11.4 Å². The van der Waals surface area contributed by atoms with Gasteiger partial charge in [-0.3, -0.25) is 0 Å². The number of fused-ring (bicyclic) bond motifs is 6. The molecule has 6 aromatic rings. The minimum Gasteiger partial charge on any atom is -0.334 e. The molecule has 0 aromatic heterocycles.